The van der Waals surface area contributed by atoms with Crippen LogP contribution in [-0.2, 0) is 6.61 Å². The van der Waals surface area contributed by atoms with Gasteiger partial charge in [-0.15, -0.1) is 0 Å². The van der Waals surface area contributed by atoms with E-state index in [1.165, 1.54) is 0 Å². The molecule has 124 valence electrons. The topological polar surface area (TPSA) is 56.0 Å². The third kappa shape index (κ3) is 2.30. The largest absolute Gasteiger partial charge is 0.454 e. The van der Waals surface area contributed by atoms with Crippen molar-refractivity contribution in [1.29, 1.82) is 0 Å². The molecule has 0 saturated heterocycles. The molecule has 0 atom stereocenters. The zero-order chi connectivity index (χ0) is 16.8. The highest BCUT2D eigenvalue weighted by Crippen LogP contribution is 2.38. The molecule has 25 heavy (non-hydrogen) atoms. The van der Waals surface area contributed by atoms with E-state index in [2.05, 4.69) is 12.1 Å². The molecule has 2 aromatic heterocycles. The maximum atomic E-state index is 9.93. The van der Waals surface area contributed by atoms with Crippen molar-refractivity contribution in [3.8, 4) is 33.2 Å². The fraction of sp³-hybridized carbons (Fsp3) is 0.105. The molecule has 1 aliphatic heterocycles. The van der Waals surface area contributed by atoms with Crippen LogP contribution in [0.15, 0.2) is 54.7 Å². The fourth-order valence-corrected chi connectivity index (χ4v) is 4.06. The van der Waals surface area contributed by atoms with Crippen LogP contribution in [0.5, 0.6) is 11.5 Å². The summed E-state index contributed by atoms with van der Waals surface area (Å²) in [6.45, 7) is 0.153. The molecule has 1 N–H and O–H groups in total. The van der Waals surface area contributed by atoms with E-state index in [1.807, 2.05) is 47.0 Å². The molecule has 0 saturated carbocycles. The Labute approximate surface area is 147 Å². The molecular formula is C19H14N2O3S. The van der Waals surface area contributed by atoms with Gasteiger partial charge in [-0.3, -0.25) is 4.40 Å². The van der Waals surface area contributed by atoms with Gasteiger partial charge in [-0.05, 0) is 23.8 Å². The van der Waals surface area contributed by atoms with Gasteiger partial charge < -0.3 is 14.6 Å². The number of imidazole rings is 1. The molecule has 6 heteroatoms. The van der Waals surface area contributed by atoms with E-state index in [0.29, 0.717) is 5.75 Å². The zero-order valence-electron chi connectivity index (χ0n) is 13.2. The van der Waals surface area contributed by atoms with Gasteiger partial charge in [0, 0.05) is 11.8 Å². The van der Waals surface area contributed by atoms with Crippen molar-refractivity contribution in [2.75, 3.05) is 6.79 Å². The van der Waals surface area contributed by atoms with Crippen LogP contribution < -0.4 is 9.47 Å². The number of aromatic nitrogens is 2. The summed E-state index contributed by atoms with van der Waals surface area (Å²) in [4.78, 5) is 6.73. The quantitative estimate of drug-likeness (QED) is 0.608. The number of benzene rings is 2. The Bertz CT molecular complexity index is 1070. The van der Waals surface area contributed by atoms with Gasteiger partial charge in [-0.25, -0.2) is 4.98 Å². The maximum Gasteiger partial charge on any atom is 0.231 e. The predicted octanol–water partition coefficient (Wildman–Crippen LogP) is 3.95. The first-order chi connectivity index (χ1) is 12.3. The van der Waals surface area contributed by atoms with Gasteiger partial charge in [0.05, 0.1) is 22.9 Å². The Morgan fingerprint density at radius 2 is 1.88 bits per heavy atom. The van der Waals surface area contributed by atoms with Gasteiger partial charge in [0.1, 0.15) is 0 Å². The Balaban J connectivity index is 1.64. The van der Waals surface area contributed by atoms with Crippen molar-refractivity contribution >= 4 is 16.3 Å². The highest BCUT2D eigenvalue weighted by Gasteiger charge is 2.20. The first-order valence-corrected chi connectivity index (χ1v) is 8.72. The highest BCUT2D eigenvalue weighted by atomic mass is 32.1. The molecule has 0 bridgehead atoms. The van der Waals surface area contributed by atoms with Crippen molar-refractivity contribution < 1.29 is 14.6 Å². The molecular weight excluding hydrogens is 336 g/mol. The first kappa shape index (κ1) is 14.5. The zero-order valence-corrected chi connectivity index (χ0v) is 14.0. The lowest BCUT2D eigenvalue weighted by Gasteiger charge is -2.03. The lowest BCUT2D eigenvalue weighted by molar-refractivity contribution is 0.174. The maximum absolute atomic E-state index is 9.93. The van der Waals surface area contributed by atoms with Crippen LogP contribution in [0.2, 0.25) is 0 Å². The minimum absolute atomic E-state index is 0.0874. The molecule has 0 spiro atoms. The Kier molecular flexibility index (Phi) is 3.26. The summed E-state index contributed by atoms with van der Waals surface area (Å²) in [5.74, 6) is 1.45. The molecule has 0 fully saturated rings. The lowest BCUT2D eigenvalue weighted by Crippen LogP contribution is -1.93. The second-order valence-corrected chi connectivity index (χ2v) is 6.76. The second-order valence-electron chi connectivity index (χ2n) is 5.75. The SMILES string of the molecule is OCc1c(-c2ccc3c(c2)OCO3)nc2sc(-c3ccccc3)cn12. The molecule has 5 rings (SSSR count). The van der Waals surface area contributed by atoms with Gasteiger partial charge in [-0.2, -0.15) is 0 Å². The number of hydrogen-bond donors (Lipinski definition) is 1. The highest BCUT2D eigenvalue weighted by molar-refractivity contribution is 7.20. The van der Waals surface area contributed by atoms with E-state index in [-0.39, 0.29) is 13.4 Å². The number of ether oxygens (including phenoxy) is 2. The number of fused-ring (bicyclic) bond motifs is 2. The smallest absolute Gasteiger partial charge is 0.231 e. The van der Waals surface area contributed by atoms with Crippen LogP contribution in [0.3, 0.4) is 0 Å². The third-order valence-electron chi connectivity index (χ3n) is 4.28. The van der Waals surface area contributed by atoms with Crippen LogP contribution in [0, 0.1) is 0 Å². The van der Waals surface area contributed by atoms with Gasteiger partial charge in [0.15, 0.2) is 16.5 Å². The van der Waals surface area contributed by atoms with E-state index in [4.69, 9.17) is 14.5 Å². The van der Waals surface area contributed by atoms with Crippen molar-refractivity contribution in [1.82, 2.24) is 9.38 Å². The van der Waals surface area contributed by atoms with Crippen molar-refractivity contribution in [3.63, 3.8) is 0 Å². The summed E-state index contributed by atoms with van der Waals surface area (Å²) in [6, 6.07) is 15.9. The van der Waals surface area contributed by atoms with Crippen molar-refractivity contribution in [2.45, 2.75) is 6.61 Å². The molecule has 4 aromatic rings. The summed E-state index contributed by atoms with van der Waals surface area (Å²) in [6.07, 6.45) is 2.03. The number of rotatable bonds is 3. The molecule has 0 radical (unpaired) electrons. The van der Waals surface area contributed by atoms with Gasteiger partial charge >= 0.3 is 0 Å². The van der Waals surface area contributed by atoms with Gasteiger partial charge in [0.2, 0.25) is 6.79 Å². The second kappa shape index (κ2) is 5.61. The van der Waals surface area contributed by atoms with E-state index in [0.717, 1.165) is 38.1 Å². The van der Waals surface area contributed by atoms with Crippen LogP contribution >= 0.6 is 11.3 Å². The minimum Gasteiger partial charge on any atom is -0.454 e. The number of hydrogen-bond acceptors (Lipinski definition) is 5. The Morgan fingerprint density at radius 1 is 1.04 bits per heavy atom. The summed E-state index contributed by atoms with van der Waals surface area (Å²) >= 11 is 1.61. The fourth-order valence-electron chi connectivity index (χ4n) is 3.05. The standard InChI is InChI=1S/C19H14N2O3S/c22-10-14-18(13-6-7-15-16(8-13)24-11-23-15)20-19-21(14)9-17(25-19)12-4-2-1-3-5-12/h1-9,22H,10-11H2. The number of thiazole rings is 1. The molecule has 2 aromatic carbocycles. The molecule has 0 amide bonds. The van der Waals surface area contributed by atoms with Crippen molar-refractivity contribution in [2.24, 2.45) is 0 Å². The van der Waals surface area contributed by atoms with E-state index in [9.17, 15) is 5.11 Å². The van der Waals surface area contributed by atoms with Crippen LogP contribution in [0.1, 0.15) is 5.69 Å². The van der Waals surface area contributed by atoms with E-state index < -0.39 is 0 Å². The normalized spacial score (nSPS) is 12.8. The third-order valence-corrected chi connectivity index (χ3v) is 5.31. The molecule has 0 unspecified atom stereocenters. The van der Waals surface area contributed by atoms with Crippen LogP contribution in [0.25, 0.3) is 26.7 Å². The van der Waals surface area contributed by atoms with Crippen LogP contribution in [-0.4, -0.2) is 21.3 Å². The Hall–Kier alpha value is -2.83. The molecule has 0 aliphatic carbocycles. The first-order valence-electron chi connectivity index (χ1n) is 7.90. The Morgan fingerprint density at radius 3 is 2.72 bits per heavy atom. The number of aliphatic hydroxyl groups is 1. The summed E-state index contributed by atoms with van der Waals surface area (Å²) < 4.78 is 12.8. The summed E-state index contributed by atoms with van der Waals surface area (Å²) in [7, 11) is 0. The summed E-state index contributed by atoms with van der Waals surface area (Å²) in [5, 5.41) is 9.93. The predicted molar refractivity (Wildman–Crippen MR) is 96.0 cm³/mol. The molecule has 1 aliphatic rings. The minimum atomic E-state index is -0.0874. The summed E-state index contributed by atoms with van der Waals surface area (Å²) in [5.41, 5.74) is 3.59. The van der Waals surface area contributed by atoms with E-state index in [1.54, 1.807) is 11.3 Å². The van der Waals surface area contributed by atoms with E-state index >= 15 is 0 Å². The molecule has 5 nitrogen and oxygen atoms in total. The average molecular weight is 350 g/mol. The lowest BCUT2D eigenvalue weighted by atomic mass is 10.1. The van der Waals surface area contributed by atoms with Gasteiger partial charge in [0.25, 0.3) is 0 Å². The number of nitrogens with zero attached hydrogens (tertiary/aromatic N) is 2. The monoisotopic (exact) mass is 350 g/mol. The molecule has 3 heterocycles. The number of aliphatic hydroxyl groups excluding tert-OH is 1. The average Bonchev–Trinajstić information content (AvgIpc) is 3.35. The van der Waals surface area contributed by atoms with Crippen LogP contribution in [0.4, 0.5) is 0 Å². The van der Waals surface area contributed by atoms with Gasteiger partial charge in [-0.1, -0.05) is 41.7 Å². The van der Waals surface area contributed by atoms with Crippen molar-refractivity contribution in [3.05, 3.63) is 60.4 Å².